The van der Waals surface area contributed by atoms with E-state index in [1.807, 2.05) is 0 Å². The highest BCUT2D eigenvalue weighted by atomic mass is 19.3. The Balaban J connectivity index is 1.23. The fourth-order valence-corrected chi connectivity index (χ4v) is 9.94. The van der Waals surface area contributed by atoms with Crippen LogP contribution in [-0.4, -0.2) is 12.2 Å². The van der Waals surface area contributed by atoms with Crippen LogP contribution in [-0.2, 0) is 15.7 Å². The van der Waals surface area contributed by atoms with Gasteiger partial charge in [-0.3, -0.25) is 0 Å². The summed E-state index contributed by atoms with van der Waals surface area (Å²) in [6.07, 6.45) is 8.43. The molecule has 0 aliphatic heterocycles. The number of hydrogen-bond acceptors (Lipinski definition) is 4. The molecule has 5 rings (SSSR count). The van der Waals surface area contributed by atoms with Gasteiger partial charge in [-0.1, -0.05) is 65.5 Å². The summed E-state index contributed by atoms with van der Waals surface area (Å²) in [5.74, 6) is -0.449. The molecule has 3 saturated carbocycles. The van der Waals surface area contributed by atoms with Gasteiger partial charge in [0.05, 0.1) is 6.10 Å². The van der Waals surface area contributed by atoms with Gasteiger partial charge in [-0.2, -0.15) is 22.4 Å². The van der Waals surface area contributed by atoms with Gasteiger partial charge in [0.15, 0.2) is 0 Å². The molecule has 3 fully saturated rings. The fourth-order valence-electron chi connectivity index (χ4n) is 9.94. The number of alkyl halides is 4. The monoisotopic (exact) mass is 608 g/mol. The summed E-state index contributed by atoms with van der Waals surface area (Å²) in [6.45, 7) is 12.0. The van der Waals surface area contributed by atoms with Gasteiger partial charge in [-0.25, -0.2) is 4.89 Å². The Morgan fingerprint density at radius 1 is 0.907 bits per heavy atom. The molecule has 8 heteroatoms. The maximum atomic E-state index is 14.8. The minimum atomic E-state index is -4.89. The standard InChI is InChI=1S/C35H52F4N2O2/c1-21(2)7-6-8-22(3)29-11-12-30-28-10-9-23-19-27(13-15-32(23,4)31(28)14-16-33(29,30)5)42-43-35(38,39)34(36,37)24-17-25(40)20-26(41)18-24/h9,17-18,20-22,27-31H,6-8,10-16,19,40-41H2,1-5H3/t22-,27+,28+,29-,30+,31+,32+,33-/m1/s1. The highest BCUT2D eigenvalue weighted by Gasteiger charge is 2.62. The second-order valence-electron chi connectivity index (χ2n) is 15.3. The number of anilines is 2. The molecule has 4 aliphatic rings. The number of hydrogen-bond donors (Lipinski definition) is 2. The first-order valence-corrected chi connectivity index (χ1v) is 16.5. The van der Waals surface area contributed by atoms with Crippen molar-refractivity contribution in [3.05, 3.63) is 35.4 Å². The van der Waals surface area contributed by atoms with Gasteiger partial charge < -0.3 is 11.5 Å². The molecule has 4 aliphatic carbocycles. The van der Waals surface area contributed by atoms with Gasteiger partial charge in [-0.05, 0) is 116 Å². The van der Waals surface area contributed by atoms with Gasteiger partial charge in [-0.15, -0.1) is 0 Å². The molecule has 0 amide bonds. The number of fused-ring (bicyclic) bond motifs is 5. The first kappa shape index (κ1) is 32.6. The molecule has 43 heavy (non-hydrogen) atoms. The van der Waals surface area contributed by atoms with E-state index in [9.17, 15) is 17.6 Å². The van der Waals surface area contributed by atoms with E-state index >= 15 is 0 Å². The van der Waals surface area contributed by atoms with Crippen molar-refractivity contribution in [2.24, 2.45) is 46.3 Å². The van der Waals surface area contributed by atoms with Gasteiger partial charge in [0.2, 0.25) is 0 Å². The number of rotatable bonds is 10. The maximum absolute atomic E-state index is 14.8. The SMILES string of the molecule is CC(C)CCC[C@@H](C)[C@H]1CC[C@H]2[C@@H]3CC=C4C[C@@H](OOC(F)(F)C(F)(F)c5cc(N)cc(N)c5)CC[C@]4(C)[C@H]3CC[C@]12C. The second-order valence-corrected chi connectivity index (χ2v) is 15.3. The zero-order chi connectivity index (χ0) is 31.4. The average Bonchev–Trinajstić information content (AvgIpc) is 3.28. The van der Waals surface area contributed by atoms with Crippen LogP contribution < -0.4 is 11.5 Å². The lowest BCUT2D eigenvalue weighted by Gasteiger charge is -2.58. The van der Waals surface area contributed by atoms with E-state index in [1.165, 1.54) is 56.6 Å². The molecule has 0 saturated heterocycles. The fraction of sp³-hybridized carbons (Fsp3) is 0.771. The lowest BCUT2D eigenvalue weighted by Crippen LogP contribution is -2.51. The van der Waals surface area contributed by atoms with Crippen LogP contribution in [0.4, 0.5) is 28.9 Å². The molecule has 0 heterocycles. The molecule has 0 aromatic heterocycles. The molecule has 4 nitrogen and oxygen atoms in total. The van der Waals surface area contributed by atoms with Crippen LogP contribution in [0.3, 0.4) is 0 Å². The van der Waals surface area contributed by atoms with Crippen molar-refractivity contribution in [2.75, 3.05) is 11.5 Å². The number of allylic oxidation sites excluding steroid dienone is 1. The molecule has 4 N–H and O–H groups in total. The third kappa shape index (κ3) is 5.96. The Labute approximate surface area is 255 Å². The molecule has 242 valence electrons. The summed E-state index contributed by atoms with van der Waals surface area (Å²) in [5.41, 5.74) is 11.4. The maximum Gasteiger partial charge on any atom is 0.449 e. The Hall–Kier alpha value is -1.80. The van der Waals surface area contributed by atoms with Gasteiger partial charge in [0, 0.05) is 16.9 Å². The van der Waals surface area contributed by atoms with Crippen LogP contribution in [0.5, 0.6) is 0 Å². The average molecular weight is 609 g/mol. The minimum Gasteiger partial charge on any atom is -0.399 e. The van der Waals surface area contributed by atoms with E-state index in [1.54, 1.807) is 0 Å². The predicted molar refractivity (Wildman–Crippen MR) is 163 cm³/mol. The van der Waals surface area contributed by atoms with Crippen molar-refractivity contribution in [3.63, 3.8) is 0 Å². The van der Waals surface area contributed by atoms with Gasteiger partial charge in [0.1, 0.15) is 0 Å². The van der Waals surface area contributed by atoms with Crippen LogP contribution in [0.2, 0.25) is 0 Å². The topological polar surface area (TPSA) is 70.5 Å². The third-order valence-corrected chi connectivity index (χ3v) is 12.3. The predicted octanol–water partition coefficient (Wildman–Crippen LogP) is 9.89. The molecule has 0 unspecified atom stereocenters. The molecule has 0 radical (unpaired) electrons. The zero-order valence-corrected chi connectivity index (χ0v) is 26.6. The van der Waals surface area contributed by atoms with E-state index in [2.05, 4.69) is 45.6 Å². The van der Waals surface area contributed by atoms with Crippen molar-refractivity contribution in [1.82, 2.24) is 0 Å². The van der Waals surface area contributed by atoms with Crippen LogP contribution in [0.1, 0.15) is 111 Å². The van der Waals surface area contributed by atoms with E-state index < -0.39 is 23.7 Å². The zero-order valence-electron chi connectivity index (χ0n) is 26.6. The molecule has 1 aromatic rings. The molecule has 0 spiro atoms. The summed E-state index contributed by atoms with van der Waals surface area (Å²) < 4.78 is 59.0. The lowest BCUT2D eigenvalue weighted by atomic mass is 9.47. The van der Waals surface area contributed by atoms with Crippen LogP contribution >= 0.6 is 0 Å². The van der Waals surface area contributed by atoms with Crippen LogP contribution in [0.25, 0.3) is 0 Å². The number of nitrogens with two attached hydrogens (primary N) is 2. The molecule has 8 atom stereocenters. The second kappa shape index (κ2) is 11.9. The molecule has 0 bridgehead atoms. The van der Waals surface area contributed by atoms with Crippen molar-refractivity contribution in [3.8, 4) is 0 Å². The Morgan fingerprint density at radius 2 is 1.60 bits per heavy atom. The summed E-state index contributed by atoms with van der Waals surface area (Å²) in [5, 5.41) is 0. The largest absolute Gasteiger partial charge is 0.449 e. The minimum absolute atomic E-state index is 0.0172. The van der Waals surface area contributed by atoms with Gasteiger partial charge >= 0.3 is 12.0 Å². The summed E-state index contributed by atoms with van der Waals surface area (Å²) >= 11 is 0. The Kier molecular flexibility index (Phi) is 8.98. The summed E-state index contributed by atoms with van der Waals surface area (Å²) in [4.78, 5) is 9.33. The Bertz CT molecular complexity index is 1170. The first-order valence-electron chi connectivity index (χ1n) is 16.5. The van der Waals surface area contributed by atoms with Crippen LogP contribution in [0.15, 0.2) is 29.8 Å². The quantitative estimate of drug-likeness (QED) is 0.0912. The van der Waals surface area contributed by atoms with Crippen molar-refractivity contribution in [1.29, 1.82) is 0 Å². The van der Waals surface area contributed by atoms with Crippen LogP contribution in [0, 0.1) is 46.3 Å². The molecular formula is C35H52F4N2O2. The van der Waals surface area contributed by atoms with Crippen molar-refractivity contribution < 1.29 is 27.3 Å². The number of halogens is 4. The summed E-state index contributed by atoms with van der Waals surface area (Å²) in [6, 6.07) is 2.78. The number of nitrogen functional groups attached to an aromatic ring is 2. The van der Waals surface area contributed by atoms with E-state index in [4.69, 9.17) is 16.4 Å². The highest BCUT2D eigenvalue weighted by molar-refractivity contribution is 5.55. The van der Waals surface area contributed by atoms with E-state index in [-0.39, 0.29) is 16.8 Å². The van der Waals surface area contributed by atoms with E-state index in [0.717, 1.165) is 48.6 Å². The van der Waals surface area contributed by atoms with Crippen molar-refractivity contribution >= 4 is 11.4 Å². The highest BCUT2D eigenvalue weighted by Crippen LogP contribution is 2.67. The molecular weight excluding hydrogens is 556 g/mol. The van der Waals surface area contributed by atoms with E-state index in [0.29, 0.717) is 30.1 Å². The number of benzene rings is 1. The Morgan fingerprint density at radius 3 is 2.28 bits per heavy atom. The lowest BCUT2D eigenvalue weighted by molar-refractivity contribution is -0.501. The summed E-state index contributed by atoms with van der Waals surface area (Å²) in [7, 11) is 0. The molecule has 1 aromatic carbocycles. The normalized spacial score (nSPS) is 35.2. The smallest absolute Gasteiger partial charge is 0.399 e. The first-order chi connectivity index (χ1) is 20.1. The van der Waals surface area contributed by atoms with Crippen molar-refractivity contribution in [2.45, 2.75) is 123 Å². The third-order valence-electron chi connectivity index (χ3n) is 12.3. The van der Waals surface area contributed by atoms with Gasteiger partial charge in [0.25, 0.3) is 0 Å².